The van der Waals surface area contributed by atoms with Crippen LogP contribution in [0.4, 0.5) is 0 Å². The van der Waals surface area contributed by atoms with E-state index in [9.17, 15) is 13.7 Å². The standard InChI is InChI=1S/C22H24N2O2S/c1-3-21(19-11-9-18(2)10-12-19)27(25,26)24-15-13-22(17-23,14-16-24)20-7-5-4-6-8-20/h3-12,21H,1,13-16H2,2H3. The van der Waals surface area contributed by atoms with Crippen LogP contribution >= 0.6 is 0 Å². The third-order valence-corrected chi connectivity index (χ3v) is 7.61. The predicted molar refractivity (Wildman–Crippen MR) is 108 cm³/mol. The molecule has 1 aliphatic rings. The molecule has 0 aliphatic carbocycles. The molecule has 0 N–H and O–H groups in total. The molecule has 0 spiro atoms. The van der Waals surface area contributed by atoms with Crippen LogP contribution in [-0.2, 0) is 15.4 Å². The van der Waals surface area contributed by atoms with E-state index in [1.165, 1.54) is 10.4 Å². The summed E-state index contributed by atoms with van der Waals surface area (Å²) in [5.74, 6) is 0. The Labute approximate surface area is 161 Å². The summed E-state index contributed by atoms with van der Waals surface area (Å²) in [7, 11) is -3.57. The highest BCUT2D eigenvalue weighted by atomic mass is 32.2. The average Bonchev–Trinajstić information content (AvgIpc) is 2.70. The van der Waals surface area contributed by atoms with E-state index in [-0.39, 0.29) is 0 Å². The van der Waals surface area contributed by atoms with Crippen molar-refractivity contribution in [3.8, 4) is 6.07 Å². The van der Waals surface area contributed by atoms with Gasteiger partial charge in [0.15, 0.2) is 0 Å². The molecule has 0 radical (unpaired) electrons. The van der Waals surface area contributed by atoms with Gasteiger partial charge in [0.1, 0.15) is 5.25 Å². The van der Waals surface area contributed by atoms with Crippen LogP contribution in [-0.4, -0.2) is 25.8 Å². The lowest BCUT2D eigenvalue weighted by Crippen LogP contribution is -2.45. The van der Waals surface area contributed by atoms with E-state index in [1.54, 1.807) is 0 Å². The number of nitriles is 1. The van der Waals surface area contributed by atoms with Crippen molar-refractivity contribution in [3.63, 3.8) is 0 Å². The molecular weight excluding hydrogens is 356 g/mol. The summed E-state index contributed by atoms with van der Waals surface area (Å²) in [6.07, 6.45) is 2.47. The van der Waals surface area contributed by atoms with Crippen LogP contribution in [0.5, 0.6) is 0 Å². The zero-order valence-corrected chi connectivity index (χ0v) is 16.3. The highest BCUT2D eigenvalue weighted by molar-refractivity contribution is 7.89. The van der Waals surface area contributed by atoms with Gasteiger partial charge >= 0.3 is 0 Å². The molecule has 27 heavy (non-hydrogen) atoms. The number of aryl methyl sites for hydroxylation is 1. The SMILES string of the molecule is C=CC(c1ccc(C)cc1)S(=O)(=O)N1CCC(C#N)(c2ccccc2)CC1. The lowest BCUT2D eigenvalue weighted by Gasteiger charge is -2.38. The molecule has 0 saturated carbocycles. The summed E-state index contributed by atoms with van der Waals surface area (Å²) < 4.78 is 27.9. The van der Waals surface area contributed by atoms with E-state index in [2.05, 4.69) is 12.6 Å². The Bertz CT molecular complexity index is 936. The Morgan fingerprint density at radius 3 is 2.22 bits per heavy atom. The number of benzene rings is 2. The van der Waals surface area contributed by atoms with Crippen molar-refractivity contribution in [1.29, 1.82) is 5.26 Å². The first kappa shape index (κ1) is 19.3. The quantitative estimate of drug-likeness (QED) is 0.734. The van der Waals surface area contributed by atoms with Crippen molar-refractivity contribution in [2.24, 2.45) is 0 Å². The van der Waals surface area contributed by atoms with Crippen LogP contribution < -0.4 is 0 Å². The maximum atomic E-state index is 13.2. The Hall–Kier alpha value is -2.42. The van der Waals surface area contributed by atoms with E-state index < -0.39 is 20.7 Å². The third kappa shape index (κ3) is 3.69. The molecule has 1 saturated heterocycles. The molecule has 5 heteroatoms. The van der Waals surface area contributed by atoms with Gasteiger partial charge in [-0.1, -0.05) is 66.2 Å². The van der Waals surface area contributed by atoms with Crippen molar-refractivity contribution in [2.75, 3.05) is 13.1 Å². The minimum Gasteiger partial charge on any atom is -0.211 e. The van der Waals surface area contributed by atoms with Gasteiger partial charge in [-0.3, -0.25) is 0 Å². The number of piperidine rings is 1. The molecule has 2 aromatic rings. The molecule has 4 nitrogen and oxygen atoms in total. The average molecular weight is 381 g/mol. The van der Waals surface area contributed by atoms with Crippen LogP contribution in [0.3, 0.4) is 0 Å². The first-order chi connectivity index (χ1) is 12.9. The highest BCUT2D eigenvalue weighted by Gasteiger charge is 2.41. The Kier molecular flexibility index (Phi) is 5.50. The molecule has 1 unspecified atom stereocenters. The van der Waals surface area contributed by atoms with Crippen LogP contribution in [0.2, 0.25) is 0 Å². The van der Waals surface area contributed by atoms with Crippen molar-refractivity contribution in [2.45, 2.75) is 30.4 Å². The van der Waals surface area contributed by atoms with Gasteiger partial charge in [-0.15, -0.1) is 6.58 Å². The van der Waals surface area contributed by atoms with Crippen molar-refractivity contribution in [1.82, 2.24) is 4.31 Å². The number of nitrogens with zero attached hydrogens (tertiary/aromatic N) is 2. The second-order valence-corrected chi connectivity index (χ2v) is 9.13. The molecule has 2 aromatic carbocycles. The number of rotatable bonds is 5. The first-order valence-corrected chi connectivity index (χ1v) is 10.6. The summed E-state index contributed by atoms with van der Waals surface area (Å²) >= 11 is 0. The monoisotopic (exact) mass is 380 g/mol. The van der Waals surface area contributed by atoms with E-state index in [0.717, 1.165) is 16.7 Å². The number of hydrogen-bond donors (Lipinski definition) is 0. The van der Waals surface area contributed by atoms with Crippen molar-refractivity contribution >= 4 is 10.0 Å². The largest absolute Gasteiger partial charge is 0.224 e. The molecule has 1 aliphatic heterocycles. The van der Waals surface area contributed by atoms with Gasteiger partial charge in [-0.2, -0.15) is 5.26 Å². The normalized spacial score (nSPS) is 18.4. The Morgan fingerprint density at radius 1 is 1.11 bits per heavy atom. The van der Waals surface area contributed by atoms with Gasteiger partial charge in [0, 0.05) is 13.1 Å². The minimum absolute atomic E-state index is 0.334. The number of sulfonamides is 1. The van der Waals surface area contributed by atoms with Gasteiger partial charge in [-0.25, -0.2) is 12.7 Å². The van der Waals surface area contributed by atoms with Gasteiger partial charge < -0.3 is 0 Å². The fourth-order valence-corrected chi connectivity index (χ4v) is 5.45. The van der Waals surface area contributed by atoms with Gasteiger partial charge in [-0.05, 0) is 30.9 Å². The zero-order chi connectivity index (χ0) is 19.5. The molecule has 1 atom stereocenters. The van der Waals surface area contributed by atoms with Crippen LogP contribution in [0.1, 0.15) is 34.8 Å². The summed E-state index contributed by atoms with van der Waals surface area (Å²) in [6, 6.07) is 19.6. The smallest absolute Gasteiger partial charge is 0.211 e. The zero-order valence-electron chi connectivity index (χ0n) is 15.5. The lowest BCUT2D eigenvalue weighted by molar-refractivity contribution is 0.276. The molecule has 1 heterocycles. The molecule has 3 rings (SSSR count). The van der Waals surface area contributed by atoms with Crippen molar-refractivity contribution < 1.29 is 8.42 Å². The number of hydrogen-bond acceptors (Lipinski definition) is 3. The Morgan fingerprint density at radius 2 is 1.70 bits per heavy atom. The molecule has 140 valence electrons. The van der Waals surface area contributed by atoms with Crippen molar-refractivity contribution in [3.05, 3.63) is 83.9 Å². The molecular formula is C22H24N2O2S. The summed E-state index contributed by atoms with van der Waals surface area (Å²) in [4.78, 5) is 0. The topological polar surface area (TPSA) is 61.2 Å². The minimum atomic E-state index is -3.57. The highest BCUT2D eigenvalue weighted by Crippen LogP contribution is 2.38. The third-order valence-electron chi connectivity index (χ3n) is 5.42. The molecule has 0 aromatic heterocycles. The van der Waals surface area contributed by atoms with Gasteiger partial charge in [0.05, 0.1) is 11.5 Å². The fourth-order valence-electron chi connectivity index (χ4n) is 3.69. The predicted octanol–water partition coefficient (Wildman–Crippen LogP) is 4.11. The second kappa shape index (κ2) is 7.67. The van der Waals surface area contributed by atoms with E-state index in [4.69, 9.17) is 0 Å². The van der Waals surface area contributed by atoms with E-state index >= 15 is 0 Å². The molecule has 0 amide bonds. The van der Waals surface area contributed by atoms with Gasteiger partial charge in [0.2, 0.25) is 10.0 Å². The van der Waals surface area contributed by atoms with Crippen LogP contribution in [0.15, 0.2) is 67.3 Å². The lowest BCUT2D eigenvalue weighted by atomic mass is 9.74. The maximum absolute atomic E-state index is 13.2. The van der Waals surface area contributed by atoms with E-state index in [0.29, 0.717) is 25.9 Å². The van der Waals surface area contributed by atoms with E-state index in [1.807, 2.05) is 61.5 Å². The second-order valence-electron chi connectivity index (χ2n) is 7.07. The summed E-state index contributed by atoms with van der Waals surface area (Å²) in [6.45, 7) is 6.39. The van der Waals surface area contributed by atoms with Crippen LogP contribution in [0, 0.1) is 18.3 Å². The maximum Gasteiger partial charge on any atom is 0.224 e. The van der Waals surface area contributed by atoms with Gasteiger partial charge in [0.25, 0.3) is 0 Å². The molecule has 1 fully saturated rings. The van der Waals surface area contributed by atoms with Crippen LogP contribution in [0.25, 0.3) is 0 Å². The summed E-state index contributed by atoms with van der Waals surface area (Å²) in [5.41, 5.74) is 2.14. The summed E-state index contributed by atoms with van der Waals surface area (Å²) in [5, 5.41) is 9.04. The Balaban J connectivity index is 1.82. The fraction of sp³-hybridized carbons (Fsp3) is 0.318. The molecule has 0 bridgehead atoms. The first-order valence-electron chi connectivity index (χ1n) is 9.08.